The maximum atomic E-state index is 12.9. The summed E-state index contributed by atoms with van der Waals surface area (Å²) in [5.41, 5.74) is 0.546. The van der Waals surface area contributed by atoms with Crippen molar-refractivity contribution in [2.24, 2.45) is 0 Å². The van der Waals surface area contributed by atoms with E-state index in [9.17, 15) is 27.6 Å². The smallest absolute Gasteiger partial charge is 0.329 e. The molecule has 12 nitrogen and oxygen atoms in total. The predicted octanol–water partition coefficient (Wildman–Crippen LogP) is 0.883. The number of anilines is 1. The minimum absolute atomic E-state index is 0.00885. The van der Waals surface area contributed by atoms with Gasteiger partial charge in [-0.25, -0.2) is 13.2 Å². The first-order valence-electron chi connectivity index (χ1n) is 11.3. The number of carbonyl (C=O) groups excluding carboxylic acids is 4. The van der Waals surface area contributed by atoms with Gasteiger partial charge in [0, 0.05) is 19.2 Å². The summed E-state index contributed by atoms with van der Waals surface area (Å²) in [5, 5.41) is 2.50. The Morgan fingerprint density at radius 2 is 1.68 bits per heavy atom. The molecule has 1 fully saturated rings. The van der Waals surface area contributed by atoms with Crippen LogP contribution in [0.1, 0.15) is 27.6 Å². The number of morpholine rings is 1. The van der Waals surface area contributed by atoms with Gasteiger partial charge in [0.15, 0.2) is 6.61 Å². The predicted molar refractivity (Wildman–Crippen MR) is 129 cm³/mol. The molecule has 13 heteroatoms. The number of carbonyl (C=O) groups is 4. The third kappa shape index (κ3) is 5.19. The van der Waals surface area contributed by atoms with E-state index in [2.05, 4.69) is 5.32 Å². The number of benzene rings is 2. The molecule has 2 aliphatic heterocycles. The van der Waals surface area contributed by atoms with E-state index >= 15 is 0 Å². The number of fused-ring (bicyclic) bond motifs is 1. The first-order chi connectivity index (χ1) is 17.6. The normalized spacial score (nSPS) is 16.8. The molecule has 2 aliphatic rings. The largest absolute Gasteiger partial charge is 0.495 e. The molecule has 2 aromatic carbocycles. The molecule has 1 saturated heterocycles. The van der Waals surface area contributed by atoms with Gasteiger partial charge in [-0.05, 0) is 31.2 Å². The summed E-state index contributed by atoms with van der Waals surface area (Å²) >= 11 is 0. The summed E-state index contributed by atoms with van der Waals surface area (Å²) in [7, 11) is -2.46. The van der Waals surface area contributed by atoms with Gasteiger partial charge in [-0.15, -0.1) is 0 Å². The number of sulfonamides is 1. The molecule has 0 bridgehead atoms. The van der Waals surface area contributed by atoms with Crippen LogP contribution in [0.25, 0.3) is 0 Å². The number of amides is 3. The molecule has 4 rings (SSSR count). The maximum Gasteiger partial charge on any atom is 0.329 e. The zero-order valence-corrected chi connectivity index (χ0v) is 20.9. The summed E-state index contributed by atoms with van der Waals surface area (Å²) in [6.45, 7) is 1.69. The summed E-state index contributed by atoms with van der Waals surface area (Å²) in [4.78, 5) is 50.8. The lowest BCUT2D eigenvalue weighted by Crippen LogP contribution is -2.44. The molecule has 2 aromatic rings. The number of methoxy groups -OCH3 is 1. The highest BCUT2D eigenvalue weighted by Gasteiger charge is 2.41. The van der Waals surface area contributed by atoms with Crippen LogP contribution in [-0.2, 0) is 29.1 Å². The van der Waals surface area contributed by atoms with Crippen LogP contribution in [0.3, 0.4) is 0 Å². The number of imide groups is 1. The summed E-state index contributed by atoms with van der Waals surface area (Å²) < 4.78 is 42.5. The van der Waals surface area contributed by atoms with Crippen molar-refractivity contribution in [3.8, 4) is 5.75 Å². The van der Waals surface area contributed by atoms with Crippen molar-refractivity contribution < 1.29 is 41.8 Å². The molecule has 0 spiro atoms. The zero-order chi connectivity index (χ0) is 26.7. The molecule has 196 valence electrons. The van der Waals surface area contributed by atoms with E-state index in [4.69, 9.17) is 14.2 Å². The van der Waals surface area contributed by atoms with E-state index in [0.29, 0.717) is 13.2 Å². The summed E-state index contributed by atoms with van der Waals surface area (Å²) in [6.07, 6.45) is 0. The van der Waals surface area contributed by atoms with Gasteiger partial charge < -0.3 is 19.5 Å². The summed E-state index contributed by atoms with van der Waals surface area (Å²) in [5.74, 6) is -2.82. The van der Waals surface area contributed by atoms with Crippen LogP contribution in [-0.4, -0.2) is 87.4 Å². The van der Waals surface area contributed by atoms with Gasteiger partial charge in [-0.2, -0.15) is 4.31 Å². The Bertz CT molecular complexity index is 1320. The number of ether oxygens (including phenoxy) is 3. The van der Waals surface area contributed by atoms with Gasteiger partial charge in [0.25, 0.3) is 17.7 Å². The van der Waals surface area contributed by atoms with E-state index in [0.717, 1.165) is 4.90 Å². The van der Waals surface area contributed by atoms with Crippen LogP contribution in [0.15, 0.2) is 47.4 Å². The van der Waals surface area contributed by atoms with Crippen molar-refractivity contribution >= 4 is 39.4 Å². The van der Waals surface area contributed by atoms with Crippen LogP contribution in [0.2, 0.25) is 0 Å². The number of rotatable bonds is 8. The van der Waals surface area contributed by atoms with Crippen LogP contribution in [0.4, 0.5) is 5.69 Å². The highest BCUT2D eigenvalue weighted by molar-refractivity contribution is 7.89. The number of hydrogen-bond acceptors (Lipinski definition) is 9. The highest BCUT2D eigenvalue weighted by atomic mass is 32.2. The van der Waals surface area contributed by atoms with Crippen LogP contribution in [0, 0.1) is 0 Å². The third-order valence-corrected chi connectivity index (χ3v) is 7.85. The van der Waals surface area contributed by atoms with Gasteiger partial charge in [-0.3, -0.25) is 19.3 Å². The van der Waals surface area contributed by atoms with Crippen LogP contribution < -0.4 is 10.1 Å². The lowest BCUT2D eigenvalue weighted by atomic mass is 10.1. The molecule has 0 aliphatic carbocycles. The van der Waals surface area contributed by atoms with Crippen molar-refractivity contribution in [2.75, 3.05) is 45.3 Å². The van der Waals surface area contributed by atoms with E-state index in [1.165, 1.54) is 48.7 Å². The molecule has 1 atom stereocenters. The number of nitrogens with zero attached hydrogens (tertiary/aromatic N) is 2. The Morgan fingerprint density at radius 3 is 2.27 bits per heavy atom. The van der Waals surface area contributed by atoms with Crippen molar-refractivity contribution in [3.63, 3.8) is 0 Å². The monoisotopic (exact) mass is 531 g/mol. The number of nitrogens with one attached hydrogen (secondary N) is 1. The first-order valence-corrected chi connectivity index (χ1v) is 12.8. The van der Waals surface area contributed by atoms with Crippen molar-refractivity contribution in [1.29, 1.82) is 0 Å². The highest BCUT2D eigenvalue weighted by Crippen LogP contribution is 2.29. The summed E-state index contributed by atoms with van der Waals surface area (Å²) in [6, 6.07) is 8.94. The molecule has 1 N–H and O–H groups in total. The van der Waals surface area contributed by atoms with Gasteiger partial charge in [0.1, 0.15) is 11.8 Å². The molecular formula is C24H25N3O9S. The van der Waals surface area contributed by atoms with Crippen LogP contribution >= 0.6 is 0 Å². The molecule has 0 radical (unpaired) electrons. The molecule has 0 aromatic heterocycles. The average Bonchev–Trinajstić information content (AvgIpc) is 3.17. The van der Waals surface area contributed by atoms with E-state index < -0.39 is 46.4 Å². The Morgan fingerprint density at radius 1 is 1.05 bits per heavy atom. The SMILES string of the molecule is COc1cc(S(=O)(=O)N2CCOCC2)ccc1NC(=O)COC(=O)C(C)N1C(=O)c2ccccc2C1=O. The van der Waals surface area contributed by atoms with Gasteiger partial charge in [0.2, 0.25) is 10.0 Å². The number of esters is 1. The fourth-order valence-electron chi connectivity index (χ4n) is 3.98. The van der Waals surface area contributed by atoms with E-state index in [1.54, 1.807) is 12.1 Å². The molecule has 0 saturated carbocycles. The van der Waals surface area contributed by atoms with Gasteiger partial charge >= 0.3 is 5.97 Å². The molecule has 2 heterocycles. The number of hydrogen-bond donors (Lipinski definition) is 1. The molecular weight excluding hydrogens is 506 g/mol. The lowest BCUT2D eigenvalue weighted by Gasteiger charge is -2.26. The second-order valence-electron chi connectivity index (χ2n) is 8.24. The standard InChI is InChI=1S/C24H25N3O9S/c1-15(27-22(29)17-5-3-4-6-18(17)23(27)30)24(31)36-14-21(28)25-19-8-7-16(13-20(19)34-2)37(32,33)26-9-11-35-12-10-26/h3-8,13,15H,9-12,14H2,1-2H3,(H,25,28). The minimum Gasteiger partial charge on any atom is -0.495 e. The minimum atomic E-state index is -3.78. The molecule has 37 heavy (non-hydrogen) atoms. The van der Waals surface area contributed by atoms with Gasteiger partial charge in [-0.1, -0.05) is 12.1 Å². The fraction of sp³-hybridized carbons (Fsp3) is 0.333. The lowest BCUT2D eigenvalue weighted by molar-refractivity contribution is -0.150. The van der Waals surface area contributed by atoms with Crippen LogP contribution in [0.5, 0.6) is 5.75 Å². The Balaban J connectivity index is 1.37. The van der Waals surface area contributed by atoms with Crippen molar-refractivity contribution in [3.05, 3.63) is 53.6 Å². The topological polar surface area (TPSA) is 149 Å². The zero-order valence-electron chi connectivity index (χ0n) is 20.1. The quantitative estimate of drug-likeness (QED) is 0.387. The third-order valence-electron chi connectivity index (χ3n) is 5.95. The molecule has 1 unspecified atom stereocenters. The van der Waals surface area contributed by atoms with Crippen molar-refractivity contribution in [1.82, 2.24) is 9.21 Å². The Kier molecular flexibility index (Phi) is 7.57. The Hall–Kier alpha value is -3.81. The second kappa shape index (κ2) is 10.7. The van der Waals surface area contributed by atoms with E-state index in [1.807, 2.05) is 0 Å². The average molecular weight is 532 g/mol. The van der Waals surface area contributed by atoms with Crippen molar-refractivity contribution in [2.45, 2.75) is 17.9 Å². The second-order valence-corrected chi connectivity index (χ2v) is 10.2. The molecule has 3 amide bonds. The van der Waals surface area contributed by atoms with Gasteiger partial charge in [0.05, 0.1) is 42.0 Å². The first kappa shape index (κ1) is 26.3. The fourth-order valence-corrected chi connectivity index (χ4v) is 5.40. The van der Waals surface area contributed by atoms with E-state index in [-0.39, 0.29) is 40.5 Å². The maximum absolute atomic E-state index is 12.9. The Labute approximate surface area is 213 Å².